The van der Waals surface area contributed by atoms with E-state index in [1.807, 2.05) is 24.1 Å². The topological polar surface area (TPSA) is 56.3 Å². The van der Waals surface area contributed by atoms with Crippen LogP contribution in [0.4, 0.5) is 0 Å². The smallest absolute Gasteiger partial charge is 0.0621 e. The molecule has 1 aliphatic heterocycles. The highest BCUT2D eigenvalue weighted by Gasteiger charge is 2.25. The Balaban J connectivity index is 1.82. The number of rotatable bonds is 4. The minimum atomic E-state index is 0.191. The Bertz CT molecular complexity index is 338. The van der Waals surface area contributed by atoms with Gasteiger partial charge in [-0.25, -0.2) is 0 Å². The zero-order valence-corrected chi connectivity index (χ0v) is 9.97. The molecule has 2 unspecified atom stereocenters. The van der Waals surface area contributed by atoms with Crippen LogP contribution < -0.4 is 5.73 Å². The SMILES string of the molecule is CN(Cc1cnn(C)c1)CC1COCC1N. The fraction of sp³-hybridized carbons (Fsp3) is 0.727. The first-order chi connectivity index (χ1) is 7.65. The van der Waals surface area contributed by atoms with E-state index >= 15 is 0 Å². The first-order valence-electron chi connectivity index (χ1n) is 5.64. The molecule has 2 atom stereocenters. The first kappa shape index (κ1) is 11.6. The van der Waals surface area contributed by atoms with Crippen molar-refractivity contribution >= 4 is 0 Å². The molecule has 0 bridgehead atoms. The van der Waals surface area contributed by atoms with Crippen molar-refractivity contribution in [1.82, 2.24) is 14.7 Å². The second-order valence-electron chi connectivity index (χ2n) is 4.68. The van der Waals surface area contributed by atoms with Crippen molar-refractivity contribution in [2.24, 2.45) is 18.7 Å². The molecule has 2 N–H and O–H groups in total. The van der Waals surface area contributed by atoms with Crippen LogP contribution in [0.5, 0.6) is 0 Å². The minimum Gasteiger partial charge on any atom is -0.379 e. The molecule has 16 heavy (non-hydrogen) atoms. The molecule has 90 valence electrons. The van der Waals surface area contributed by atoms with Gasteiger partial charge in [0, 0.05) is 43.9 Å². The van der Waals surface area contributed by atoms with Crippen LogP contribution in [0.3, 0.4) is 0 Å². The summed E-state index contributed by atoms with van der Waals surface area (Å²) in [6.45, 7) is 3.39. The predicted molar refractivity (Wildman–Crippen MR) is 61.8 cm³/mol. The van der Waals surface area contributed by atoms with Gasteiger partial charge in [-0.1, -0.05) is 0 Å². The van der Waals surface area contributed by atoms with Crippen LogP contribution in [-0.2, 0) is 18.3 Å². The zero-order chi connectivity index (χ0) is 11.5. The van der Waals surface area contributed by atoms with E-state index in [1.165, 1.54) is 5.56 Å². The third-order valence-electron chi connectivity index (χ3n) is 3.00. The Kier molecular flexibility index (Phi) is 3.58. The summed E-state index contributed by atoms with van der Waals surface area (Å²) in [4.78, 5) is 2.27. The molecule has 1 fully saturated rings. The van der Waals surface area contributed by atoms with Gasteiger partial charge in [0.05, 0.1) is 19.4 Å². The average Bonchev–Trinajstić information content (AvgIpc) is 2.77. The molecule has 0 radical (unpaired) electrons. The quantitative estimate of drug-likeness (QED) is 0.771. The summed E-state index contributed by atoms with van der Waals surface area (Å²) in [5.41, 5.74) is 7.19. The minimum absolute atomic E-state index is 0.191. The van der Waals surface area contributed by atoms with Crippen LogP contribution in [0.2, 0.25) is 0 Å². The molecular weight excluding hydrogens is 204 g/mol. The molecule has 5 heteroatoms. The molecule has 1 aliphatic rings. The van der Waals surface area contributed by atoms with Gasteiger partial charge in [-0.15, -0.1) is 0 Å². The van der Waals surface area contributed by atoms with E-state index in [1.54, 1.807) is 0 Å². The van der Waals surface area contributed by atoms with Crippen LogP contribution in [0.25, 0.3) is 0 Å². The fourth-order valence-corrected chi connectivity index (χ4v) is 2.13. The normalized spacial score (nSPS) is 25.5. The Hall–Kier alpha value is -0.910. The number of nitrogens with two attached hydrogens (primary N) is 1. The van der Waals surface area contributed by atoms with Crippen molar-refractivity contribution in [2.45, 2.75) is 12.6 Å². The van der Waals surface area contributed by atoms with Gasteiger partial charge in [0.1, 0.15) is 0 Å². The van der Waals surface area contributed by atoms with Crippen LogP contribution in [0, 0.1) is 5.92 Å². The molecule has 2 heterocycles. The van der Waals surface area contributed by atoms with Crippen molar-refractivity contribution in [3.63, 3.8) is 0 Å². The number of ether oxygens (including phenoxy) is 1. The second kappa shape index (κ2) is 4.95. The average molecular weight is 224 g/mol. The van der Waals surface area contributed by atoms with Gasteiger partial charge in [-0.2, -0.15) is 5.10 Å². The lowest BCUT2D eigenvalue weighted by molar-refractivity contribution is 0.172. The van der Waals surface area contributed by atoms with Gasteiger partial charge < -0.3 is 15.4 Å². The summed E-state index contributed by atoms with van der Waals surface area (Å²) in [5.74, 6) is 0.460. The molecular formula is C11H20N4O. The first-order valence-corrected chi connectivity index (χ1v) is 5.64. The second-order valence-corrected chi connectivity index (χ2v) is 4.68. The lowest BCUT2D eigenvalue weighted by Crippen LogP contribution is -2.36. The Morgan fingerprint density at radius 1 is 1.62 bits per heavy atom. The van der Waals surface area contributed by atoms with Crippen molar-refractivity contribution < 1.29 is 4.74 Å². The van der Waals surface area contributed by atoms with Gasteiger partial charge in [0.2, 0.25) is 0 Å². The van der Waals surface area contributed by atoms with Crippen molar-refractivity contribution in [1.29, 1.82) is 0 Å². The van der Waals surface area contributed by atoms with Gasteiger partial charge in [-0.05, 0) is 7.05 Å². The molecule has 2 rings (SSSR count). The highest BCUT2D eigenvalue weighted by atomic mass is 16.5. The molecule has 5 nitrogen and oxygen atoms in total. The van der Waals surface area contributed by atoms with Crippen LogP contribution in [0.15, 0.2) is 12.4 Å². The van der Waals surface area contributed by atoms with E-state index in [9.17, 15) is 0 Å². The number of hydrogen-bond donors (Lipinski definition) is 1. The van der Waals surface area contributed by atoms with Crippen LogP contribution in [0.1, 0.15) is 5.56 Å². The standard InChI is InChI=1S/C11H20N4O/c1-14(4-9-3-13-15(2)5-9)6-10-7-16-8-11(10)12/h3,5,10-11H,4,6-8,12H2,1-2H3. The largest absolute Gasteiger partial charge is 0.379 e. The van der Waals surface area contributed by atoms with Gasteiger partial charge in [-0.3, -0.25) is 4.68 Å². The Morgan fingerprint density at radius 2 is 2.44 bits per heavy atom. The highest BCUT2D eigenvalue weighted by Crippen LogP contribution is 2.13. The Labute approximate surface area is 96.2 Å². The van der Waals surface area contributed by atoms with E-state index in [2.05, 4.69) is 17.0 Å². The van der Waals surface area contributed by atoms with E-state index in [0.717, 1.165) is 19.7 Å². The summed E-state index contributed by atoms with van der Waals surface area (Å²) in [7, 11) is 4.04. The summed E-state index contributed by atoms with van der Waals surface area (Å²) >= 11 is 0. The maximum atomic E-state index is 5.96. The van der Waals surface area contributed by atoms with Gasteiger partial charge in [0.15, 0.2) is 0 Å². The van der Waals surface area contributed by atoms with Gasteiger partial charge >= 0.3 is 0 Å². The molecule has 0 aliphatic carbocycles. The van der Waals surface area contributed by atoms with Crippen LogP contribution >= 0.6 is 0 Å². The maximum absolute atomic E-state index is 5.96. The van der Waals surface area contributed by atoms with E-state index < -0.39 is 0 Å². The number of aromatic nitrogens is 2. The van der Waals surface area contributed by atoms with Crippen molar-refractivity contribution in [3.8, 4) is 0 Å². The fourth-order valence-electron chi connectivity index (χ4n) is 2.13. The lowest BCUT2D eigenvalue weighted by Gasteiger charge is -2.21. The molecule has 1 aromatic heterocycles. The molecule has 1 saturated heterocycles. The summed E-state index contributed by atoms with van der Waals surface area (Å²) in [6, 6.07) is 0.191. The Morgan fingerprint density at radius 3 is 3.00 bits per heavy atom. The zero-order valence-electron chi connectivity index (χ0n) is 9.97. The van der Waals surface area contributed by atoms with Crippen molar-refractivity contribution in [2.75, 3.05) is 26.8 Å². The molecule has 0 spiro atoms. The van der Waals surface area contributed by atoms with Gasteiger partial charge in [0.25, 0.3) is 0 Å². The number of nitrogens with zero attached hydrogens (tertiary/aromatic N) is 3. The van der Waals surface area contributed by atoms with E-state index in [0.29, 0.717) is 12.5 Å². The third kappa shape index (κ3) is 2.81. The van der Waals surface area contributed by atoms with Crippen LogP contribution in [-0.4, -0.2) is 47.5 Å². The molecule has 0 aromatic carbocycles. The van der Waals surface area contributed by atoms with E-state index in [-0.39, 0.29) is 6.04 Å². The molecule has 0 amide bonds. The lowest BCUT2D eigenvalue weighted by atomic mass is 10.0. The number of aryl methyl sites for hydroxylation is 1. The highest BCUT2D eigenvalue weighted by molar-refractivity contribution is 5.03. The van der Waals surface area contributed by atoms with E-state index in [4.69, 9.17) is 10.5 Å². The van der Waals surface area contributed by atoms with Crippen molar-refractivity contribution in [3.05, 3.63) is 18.0 Å². The molecule has 1 aromatic rings. The summed E-state index contributed by atoms with van der Waals surface area (Å²) in [5, 5.41) is 4.16. The number of hydrogen-bond acceptors (Lipinski definition) is 4. The summed E-state index contributed by atoms with van der Waals surface area (Å²) < 4.78 is 7.18. The predicted octanol–water partition coefficient (Wildman–Crippen LogP) is -0.174. The molecule has 0 saturated carbocycles. The monoisotopic (exact) mass is 224 g/mol. The summed E-state index contributed by atoms with van der Waals surface area (Å²) in [6.07, 6.45) is 3.95. The maximum Gasteiger partial charge on any atom is 0.0621 e. The third-order valence-corrected chi connectivity index (χ3v) is 3.00.